The summed E-state index contributed by atoms with van der Waals surface area (Å²) in [5.41, 5.74) is -0.231. The molecule has 1 saturated heterocycles. The van der Waals surface area contributed by atoms with Gasteiger partial charge in [-0.3, -0.25) is 14.9 Å². The van der Waals surface area contributed by atoms with Gasteiger partial charge in [-0.05, 0) is 43.9 Å². The maximum Gasteiger partial charge on any atom is 0.407 e. The van der Waals surface area contributed by atoms with Gasteiger partial charge in [0.2, 0.25) is 5.91 Å². The number of hydrogen-bond acceptors (Lipinski definition) is 6. The number of amides is 3. The summed E-state index contributed by atoms with van der Waals surface area (Å²) in [6.45, 7) is 5.88. The van der Waals surface area contributed by atoms with Crippen LogP contribution in [0.3, 0.4) is 0 Å². The topological polar surface area (TPSA) is 101 Å². The van der Waals surface area contributed by atoms with Gasteiger partial charge < -0.3 is 15.0 Å². The minimum Gasteiger partial charge on any atom is -0.453 e. The summed E-state index contributed by atoms with van der Waals surface area (Å²) in [5.74, 6) is -0.738. The first-order chi connectivity index (χ1) is 14.2. The van der Waals surface area contributed by atoms with Crippen molar-refractivity contribution >= 4 is 60.5 Å². The zero-order chi connectivity index (χ0) is 22.1. The van der Waals surface area contributed by atoms with Crippen LogP contribution in [0.25, 0.3) is 10.2 Å². The number of benzene rings is 1. The third kappa shape index (κ3) is 4.44. The number of halogens is 1. The van der Waals surface area contributed by atoms with E-state index in [0.29, 0.717) is 24.5 Å². The van der Waals surface area contributed by atoms with Crippen molar-refractivity contribution in [2.45, 2.75) is 45.2 Å². The highest BCUT2D eigenvalue weighted by Gasteiger charge is 2.48. The van der Waals surface area contributed by atoms with Crippen LogP contribution in [0.15, 0.2) is 22.7 Å². The Bertz CT molecular complexity index is 979. The molecule has 2 atom stereocenters. The second-order valence-corrected chi connectivity index (χ2v) is 9.76. The van der Waals surface area contributed by atoms with Gasteiger partial charge in [0.05, 0.1) is 17.3 Å². The number of fused-ring (bicyclic) bond motifs is 1. The molecule has 1 aliphatic heterocycles. The maximum atomic E-state index is 13.2. The summed E-state index contributed by atoms with van der Waals surface area (Å²) in [6, 6.07) is 4.95. The quantitative estimate of drug-likeness (QED) is 0.656. The van der Waals surface area contributed by atoms with E-state index >= 15 is 0 Å². The Hall–Kier alpha value is -2.20. The average Bonchev–Trinajstić information content (AvgIpc) is 3.28. The lowest BCUT2D eigenvalue weighted by Gasteiger charge is -2.36. The molecule has 162 valence electrons. The number of hydrogen-bond donors (Lipinski definition) is 2. The zero-order valence-corrected chi connectivity index (χ0v) is 19.7. The highest BCUT2D eigenvalue weighted by atomic mass is 79.9. The second-order valence-electron chi connectivity index (χ2n) is 7.81. The maximum absolute atomic E-state index is 13.2. The number of rotatable bonds is 5. The Balaban J connectivity index is 1.80. The lowest BCUT2D eigenvalue weighted by molar-refractivity contribution is -0.144. The van der Waals surface area contributed by atoms with E-state index in [1.807, 2.05) is 32.0 Å². The van der Waals surface area contributed by atoms with Crippen molar-refractivity contribution in [1.82, 2.24) is 15.2 Å². The van der Waals surface area contributed by atoms with E-state index in [0.717, 1.165) is 14.7 Å². The molecule has 1 aromatic carbocycles. The normalized spacial score (nSPS) is 19.7. The number of nitrogens with one attached hydrogen (secondary N) is 2. The number of methoxy groups -OCH3 is 1. The smallest absolute Gasteiger partial charge is 0.407 e. The number of thiazole rings is 1. The van der Waals surface area contributed by atoms with Crippen LogP contribution in [0.5, 0.6) is 0 Å². The predicted octanol–water partition coefficient (Wildman–Crippen LogP) is 3.76. The van der Waals surface area contributed by atoms with Crippen molar-refractivity contribution in [3.63, 3.8) is 0 Å². The van der Waals surface area contributed by atoms with E-state index in [1.165, 1.54) is 18.4 Å². The molecule has 30 heavy (non-hydrogen) atoms. The van der Waals surface area contributed by atoms with Gasteiger partial charge >= 0.3 is 6.09 Å². The Kier molecular flexibility index (Phi) is 6.66. The van der Waals surface area contributed by atoms with Crippen LogP contribution in [0.1, 0.15) is 33.6 Å². The highest BCUT2D eigenvalue weighted by Crippen LogP contribution is 2.34. The van der Waals surface area contributed by atoms with Gasteiger partial charge in [-0.25, -0.2) is 9.78 Å². The first-order valence-electron chi connectivity index (χ1n) is 9.69. The number of alkyl carbamates (subject to hydrolysis) is 1. The van der Waals surface area contributed by atoms with Crippen LogP contribution in [0.2, 0.25) is 0 Å². The van der Waals surface area contributed by atoms with Crippen LogP contribution < -0.4 is 10.6 Å². The second kappa shape index (κ2) is 8.89. The van der Waals surface area contributed by atoms with Gasteiger partial charge in [0, 0.05) is 11.0 Å². The van der Waals surface area contributed by atoms with Gasteiger partial charge in [0.15, 0.2) is 5.13 Å². The first-order valence-corrected chi connectivity index (χ1v) is 11.3. The minimum atomic E-state index is -1.03. The number of likely N-dealkylation sites (tertiary alicyclic amines) is 1. The number of aromatic nitrogens is 1. The van der Waals surface area contributed by atoms with E-state index < -0.39 is 17.7 Å². The lowest BCUT2D eigenvalue weighted by atomic mass is 9.95. The predicted molar refractivity (Wildman–Crippen MR) is 119 cm³/mol. The summed E-state index contributed by atoms with van der Waals surface area (Å²) in [4.78, 5) is 44.2. The number of nitrogens with zero attached hydrogens (tertiary/aromatic N) is 2. The highest BCUT2D eigenvalue weighted by molar-refractivity contribution is 9.10. The summed E-state index contributed by atoms with van der Waals surface area (Å²) < 4.78 is 6.54. The number of carbonyl (C=O) groups is 3. The number of anilines is 1. The zero-order valence-electron chi connectivity index (χ0n) is 17.3. The third-order valence-electron chi connectivity index (χ3n) is 5.36. The van der Waals surface area contributed by atoms with Gasteiger partial charge in [0.1, 0.15) is 11.6 Å². The number of carbonyl (C=O) groups excluding carboxylic acids is 3. The molecule has 10 heteroatoms. The Morgan fingerprint density at radius 2 is 2.07 bits per heavy atom. The molecule has 0 aliphatic carbocycles. The van der Waals surface area contributed by atoms with Crippen molar-refractivity contribution < 1.29 is 19.1 Å². The van der Waals surface area contributed by atoms with E-state index in [2.05, 4.69) is 36.3 Å². The molecule has 1 aliphatic rings. The molecular formula is C20H25BrN4O4S. The third-order valence-corrected chi connectivity index (χ3v) is 6.79. The van der Waals surface area contributed by atoms with Gasteiger partial charge in [-0.1, -0.05) is 41.1 Å². The molecule has 3 amide bonds. The molecule has 1 fully saturated rings. The van der Waals surface area contributed by atoms with Crippen molar-refractivity contribution in [2.24, 2.45) is 5.92 Å². The van der Waals surface area contributed by atoms with Crippen LogP contribution in [-0.4, -0.2) is 53.0 Å². The van der Waals surface area contributed by atoms with Crippen molar-refractivity contribution in [1.29, 1.82) is 0 Å². The molecule has 8 nitrogen and oxygen atoms in total. The average molecular weight is 497 g/mol. The van der Waals surface area contributed by atoms with Crippen LogP contribution in [-0.2, 0) is 14.3 Å². The first kappa shape index (κ1) is 22.5. The van der Waals surface area contributed by atoms with Crippen molar-refractivity contribution in [2.75, 3.05) is 19.0 Å². The summed E-state index contributed by atoms with van der Waals surface area (Å²) in [7, 11) is 1.25. The molecule has 2 N–H and O–H groups in total. The molecule has 3 rings (SSSR count). The van der Waals surface area contributed by atoms with Crippen LogP contribution >= 0.6 is 27.3 Å². The van der Waals surface area contributed by atoms with Crippen molar-refractivity contribution in [3.8, 4) is 0 Å². The Morgan fingerprint density at radius 1 is 1.33 bits per heavy atom. The molecule has 2 aromatic rings. The standard InChI is InChI=1S/C20H25BrN4O4S/c1-11(2)15(23-19(28)29-4)16(26)25-9-5-8-20(25,3)17(27)24-18-22-13-7-6-12(21)10-14(13)30-18/h6-7,10-11,15H,5,8-9H2,1-4H3,(H,23,28)(H,22,24,27). The van der Waals surface area contributed by atoms with Gasteiger partial charge in [-0.2, -0.15) is 0 Å². The minimum absolute atomic E-state index is 0.160. The molecule has 0 saturated carbocycles. The SMILES string of the molecule is COC(=O)NC(C(=O)N1CCCC1(C)C(=O)Nc1nc2ccc(Br)cc2s1)C(C)C. The summed E-state index contributed by atoms with van der Waals surface area (Å²) in [5, 5.41) is 5.97. The number of ether oxygens (including phenoxy) is 1. The van der Waals surface area contributed by atoms with Crippen LogP contribution in [0.4, 0.5) is 9.93 Å². The Morgan fingerprint density at radius 3 is 2.73 bits per heavy atom. The fourth-order valence-electron chi connectivity index (χ4n) is 3.60. The molecule has 0 radical (unpaired) electrons. The molecule has 2 unspecified atom stereocenters. The van der Waals surface area contributed by atoms with Gasteiger partial charge in [0.25, 0.3) is 5.91 Å². The molecule has 2 heterocycles. The van der Waals surface area contributed by atoms with Gasteiger partial charge in [-0.15, -0.1) is 0 Å². The lowest BCUT2D eigenvalue weighted by Crippen LogP contribution is -2.59. The Labute approximate surface area is 187 Å². The molecule has 0 spiro atoms. The van der Waals surface area contributed by atoms with E-state index in [1.54, 1.807) is 11.8 Å². The molecule has 0 bridgehead atoms. The largest absolute Gasteiger partial charge is 0.453 e. The molecule has 1 aromatic heterocycles. The van der Waals surface area contributed by atoms with E-state index in [-0.39, 0.29) is 17.7 Å². The van der Waals surface area contributed by atoms with E-state index in [4.69, 9.17) is 0 Å². The monoisotopic (exact) mass is 496 g/mol. The summed E-state index contributed by atoms with van der Waals surface area (Å²) >= 11 is 4.81. The van der Waals surface area contributed by atoms with Crippen LogP contribution in [0, 0.1) is 5.92 Å². The summed E-state index contributed by atoms with van der Waals surface area (Å²) in [6.07, 6.45) is 0.559. The van der Waals surface area contributed by atoms with E-state index in [9.17, 15) is 14.4 Å². The fourth-order valence-corrected chi connectivity index (χ4v) is 5.02. The fraction of sp³-hybridized carbons (Fsp3) is 0.500. The molecular weight excluding hydrogens is 472 g/mol. The van der Waals surface area contributed by atoms with Crippen molar-refractivity contribution in [3.05, 3.63) is 22.7 Å².